The van der Waals surface area contributed by atoms with Crippen molar-refractivity contribution >= 4 is 6.03 Å². The Hall–Kier alpha value is -1.75. The number of carbonyl (C=O) groups is 1. The van der Waals surface area contributed by atoms with Gasteiger partial charge in [-0.1, -0.05) is 18.2 Å². The number of methoxy groups -OCH3 is 1. The number of hydrogen-bond acceptors (Lipinski definition) is 3. The van der Waals surface area contributed by atoms with Crippen LogP contribution < -0.4 is 15.4 Å². The summed E-state index contributed by atoms with van der Waals surface area (Å²) in [5.74, 6) is 0.933. The number of benzene rings is 1. The lowest BCUT2D eigenvalue weighted by Gasteiger charge is -2.12. The van der Waals surface area contributed by atoms with Crippen LogP contribution in [0, 0.1) is 0 Å². The van der Waals surface area contributed by atoms with Crippen molar-refractivity contribution in [3.05, 3.63) is 29.8 Å². The summed E-state index contributed by atoms with van der Waals surface area (Å²) in [7, 11) is 1.70. The van der Waals surface area contributed by atoms with E-state index in [0.29, 0.717) is 13.1 Å². The van der Waals surface area contributed by atoms with Crippen molar-refractivity contribution < 1.29 is 14.3 Å². The molecule has 2 rings (SSSR count). The van der Waals surface area contributed by atoms with E-state index in [0.717, 1.165) is 38.0 Å². The third-order valence-electron chi connectivity index (χ3n) is 3.51. The molecule has 0 aliphatic carbocycles. The highest BCUT2D eigenvalue weighted by Crippen LogP contribution is 2.27. The van der Waals surface area contributed by atoms with Gasteiger partial charge in [0.2, 0.25) is 0 Å². The maximum absolute atomic E-state index is 11.7. The van der Waals surface area contributed by atoms with Gasteiger partial charge >= 0.3 is 6.03 Å². The molecule has 0 bridgehead atoms. The Morgan fingerprint density at radius 1 is 1.29 bits per heavy atom. The normalized spacial score (nSPS) is 16.1. The van der Waals surface area contributed by atoms with Gasteiger partial charge in [0.05, 0.1) is 6.54 Å². The fourth-order valence-corrected chi connectivity index (χ4v) is 2.39. The maximum atomic E-state index is 11.7. The first kappa shape index (κ1) is 15.6. The molecule has 1 unspecified atom stereocenters. The zero-order valence-electron chi connectivity index (χ0n) is 12.6. The van der Waals surface area contributed by atoms with Gasteiger partial charge < -0.3 is 20.1 Å². The van der Waals surface area contributed by atoms with E-state index in [-0.39, 0.29) is 12.1 Å². The topological polar surface area (TPSA) is 59.6 Å². The van der Waals surface area contributed by atoms with E-state index in [4.69, 9.17) is 9.47 Å². The van der Waals surface area contributed by atoms with Crippen LogP contribution in [0.25, 0.3) is 0 Å². The van der Waals surface area contributed by atoms with Gasteiger partial charge in [-0.25, -0.2) is 4.79 Å². The molecule has 21 heavy (non-hydrogen) atoms. The Labute approximate surface area is 126 Å². The summed E-state index contributed by atoms with van der Waals surface area (Å²) in [6.45, 7) is 2.01. The molecule has 0 aromatic heterocycles. The van der Waals surface area contributed by atoms with Gasteiger partial charge in [-0.05, 0) is 30.9 Å². The molecule has 1 aromatic carbocycles. The summed E-state index contributed by atoms with van der Waals surface area (Å²) in [6.07, 6.45) is 3.97. The first-order valence-electron chi connectivity index (χ1n) is 7.55. The zero-order chi connectivity index (χ0) is 14.9. The van der Waals surface area contributed by atoms with E-state index in [2.05, 4.69) is 16.7 Å². The molecule has 1 aliphatic rings. The number of rotatable bonds is 8. The van der Waals surface area contributed by atoms with Crippen LogP contribution in [-0.4, -0.2) is 38.9 Å². The molecule has 2 N–H and O–H groups in total. The van der Waals surface area contributed by atoms with Gasteiger partial charge in [0.15, 0.2) is 0 Å². The molecule has 5 nitrogen and oxygen atoms in total. The van der Waals surface area contributed by atoms with Gasteiger partial charge in [0, 0.05) is 26.7 Å². The molecule has 1 aromatic rings. The van der Waals surface area contributed by atoms with Gasteiger partial charge in [-0.2, -0.15) is 0 Å². The lowest BCUT2D eigenvalue weighted by molar-refractivity contribution is 0.192. The minimum absolute atomic E-state index is 0.0369. The quantitative estimate of drug-likeness (QED) is 0.721. The Morgan fingerprint density at radius 3 is 2.95 bits per heavy atom. The fourth-order valence-electron chi connectivity index (χ4n) is 2.39. The SMILES string of the molecule is COCCCCCNC(=O)NCC1Cc2ccccc2O1. The van der Waals surface area contributed by atoms with Crippen molar-refractivity contribution in [1.29, 1.82) is 0 Å². The van der Waals surface area contributed by atoms with Crippen molar-refractivity contribution in [2.75, 3.05) is 26.8 Å². The lowest BCUT2D eigenvalue weighted by atomic mass is 10.1. The molecule has 0 fully saturated rings. The zero-order valence-corrected chi connectivity index (χ0v) is 12.6. The van der Waals surface area contributed by atoms with Crippen molar-refractivity contribution in [2.24, 2.45) is 0 Å². The van der Waals surface area contributed by atoms with Crippen LogP contribution in [0.1, 0.15) is 24.8 Å². The Balaban J connectivity index is 1.54. The average Bonchev–Trinajstić information content (AvgIpc) is 2.91. The largest absolute Gasteiger partial charge is 0.488 e. The molecule has 1 atom stereocenters. The number of hydrogen-bond donors (Lipinski definition) is 2. The number of unbranched alkanes of at least 4 members (excludes halogenated alkanes) is 2. The fraction of sp³-hybridized carbons (Fsp3) is 0.562. The summed E-state index contributed by atoms with van der Waals surface area (Å²) in [6, 6.07) is 7.88. The van der Waals surface area contributed by atoms with Crippen LogP contribution in [0.2, 0.25) is 0 Å². The highest BCUT2D eigenvalue weighted by atomic mass is 16.5. The Kier molecular flexibility index (Phi) is 6.34. The Morgan fingerprint density at radius 2 is 2.14 bits per heavy atom. The molecule has 5 heteroatoms. The van der Waals surface area contributed by atoms with E-state index in [1.165, 1.54) is 5.56 Å². The van der Waals surface area contributed by atoms with Crippen molar-refractivity contribution in [3.63, 3.8) is 0 Å². The third kappa shape index (κ3) is 5.27. The molecule has 1 aliphatic heterocycles. The van der Waals surface area contributed by atoms with Crippen LogP contribution >= 0.6 is 0 Å². The summed E-state index contributed by atoms with van der Waals surface area (Å²) >= 11 is 0. The highest BCUT2D eigenvalue weighted by Gasteiger charge is 2.22. The van der Waals surface area contributed by atoms with Gasteiger partial charge in [-0.15, -0.1) is 0 Å². The lowest BCUT2D eigenvalue weighted by Crippen LogP contribution is -2.41. The van der Waals surface area contributed by atoms with Crippen LogP contribution in [0.4, 0.5) is 4.79 Å². The number of urea groups is 1. The van der Waals surface area contributed by atoms with E-state index < -0.39 is 0 Å². The second-order valence-electron chi connectivity index (χ2n) is 5.24. The molecule has 0 saturated heterocycles. The molecule has 116 valence electrons. The summed E-state index contributed by atoms with van der Waals surface area (Å²) in [5.41, 5.74) is 1.21. The minimum atomic E-state index is -0.124. The van der Waals surface area contributed by atoms with E-state index in [1.807, 2.05) is 18.2 Å². The number of fused-ring (bicyclic) bond motifs is 1. The van der Waals surface area contributed by atoms with Crippen LogP contribution in [0.15, 0.2) is 24.3 Å². The van der Waals surface area contributed by atoms with E-state index in [1.54, 1.807) is 7.11 Å². The van der Waals surface area contributed by atoms with Crippen molar-refractivity contribution in [1.82, 2.24) is 10.6 Å². The molecule has 0 radical (unpaired) electrons. The summed E-state index contributed by atoms with van der Waals surface area (Å²) in [4.78, 5) is 11.7. The standard InChI is InChI=1S/C16H24N2O3/c1-20-10-6-2-5-9-17-16(19)18-12-14-11-13-7-3-4-8-15(13)21-14/h3-4,7-8,14H,2,5-6,9-12H2,1H3,(H2,17,18,19). The van der Waals surface area contributed by atoms with E-state index in [9.17, 15) is 4.79 Å². The highest BCUT2D eigenvalue weighted by molar-refractivity contribution is 5.73. The maximum Gasteiger partial charge on any atom is 0.314 e. The summed E-state index contributed by atoms with van der Waals surface area (Å²) in [5, 5.41) is 5.72. The average molecular weight is 292 g/mol. The predicted octanol–water partition coefficient (Wildman–Crippen LogP) is 2.11. The Bertz CT molecular complexity index is 426. The minimum Gasteiger partial charge on any atom is -0.488 e. The van der Waals surface area contributed by atoms with Crippen LogP contribution in [0.3, 0.4) is 0 Å². The van der Waals surface area contributed by atoms with Gasteiger partial charge in [0.1, 0.15) is 11.9 Å². The number of carbonyl (C=O) groups excluding carboxylic acids is 1. The number of para-hydroxylation sites is 1. The third-order valence-corrected chi connectivity index (χ3v) is 3.51. The van der Waals surface area contributed by atoms with Gasteiger partial charge in [-0.3, -0.25) is 0 Å². The monoisotopic (exact) mass is 292 g/mol. The number of ether oxygens (including phenoxy) is 2. The molecular weight excluding hydrogens is 268 g/mol. The van der Waals surface area contributed by atoms with Crippen LogP contribution in [0.5, 0.6) is 5.75 Å². The predicted molar refractivity (Wildman–Crippen MR) is 81.7 cm³/mol. The van der Waals surface area contributed by atoms with Crippen molar-refractivity contribution in [2.45, 2.75) is 31.8 Å². The second-order valence-corrected chi connectivity index (χ2v) is 5.24. The molecule has 0 saturated carbocycles. The number of amides is 2. The molecule has 2 amide bonds. The summed E-state index contributed by atoms with van der Waals surface area (Å²) < 4.78 is 10.7. The first-order chi connectivity index (χ1) is 10.3. The molecular formula is C16H24N2O3. The smallest absolute Gasteiger partial charge is 0.314 e. The molecule has 1 heterocycles. The molecule has 0 spiro atoms. The van der Waals surface area contributed by atoms with Gasteiger partial charge in [0.25, 0.3) is 0 Å². The first-order valence-corrected chi connectivity index (χ1v) is 7.55. The second kappa shape index (κ2) is 8.52. The van der Waals surface area contributed by atoms with E-state index >= 15 is 0 Å². The number of nitrogens with one attached hydrogen (secondary N) is 2. The van der Waals surface area contributed by atoms with Crippen molar-refractivity contribution in [3.8, 4) is 5.75 Å². The van der Waals surface area contributed by atoms with Crippen LogP contribution in [-0.2, 0) is 11.2 Å².